The molecule has 0 aliphatic heterocycles. The quantitative estimate of drug-likeness (QED) is 0.731. The molecule has 5 heteroatoms. The van der Waals surface area contributed by atoms with Gasteiger partial charge in [-0.2, -0.15) is 5.26 Å². The number of nitrogens with one attached hydrogen (secondary N) is 1. The molecule has 1 amide bonds. The van der Waals surface area contributed by atoms with E-state index >= 15 is 0 Å². The number of carbonyl (C=O) groups is 1. The Hall–Kier alpha value is -1.90. The highest BCUT2D eigenvalue weighted by Gasteiger charge is 2.21. The van der Waals surface area contributed by atoms with Gasteiger partial charge < -0.3 is 15.5 Å². The lowest BCUT2D eigenvalue weighted by atomic mass is 9.96. The van der Waals surface area contributed by atoms with Gasteiger partial charge in [-0.15, -0.1) is 0 Å². The van der Waals surface area contributed by atoms with Crippen LogP contribution in [0.25, 0.3) is 0 Å². The van der Waals surface area contributed by atoms with Crippen LogP contribution < -0.4 is 5.32 Å². The number of benzene rings is 1. The van der Waals surface area contributed by atoms with Crippen molar-refractivity contribution in [2.75, 3.05) is 6.54 Å². The monoisotopic (exact) mass is 262 g/mol. The van der Waals surface area contributed by atoms with Crippen LogP contribution in [0.1, 0.15) is 36.1 Å². The molecule has 102 valence electrons. The fourth-order valence-electron chi connectivity index (χ4n) is 1.79. The first-order valence-corrected chi connectivity index (χ1v) is 6.07. The Kier molecular flexibility index (Phi) is 5.49. The summed E-state index contributed by atoms with van der Waals surface area (Å²) in [4.78, 5) is 10.7. The van der Waals surface area contributed by atoms with Gasteiger partial charge in [0.05, 0.1) is 17.7 Å². The minimum atomic E-state index is -1.14. The number of aliphatic hydroxyl groups excluding tert-OH is 2. The number of nitriles is 1. The van der Waals surface area contributed by atoms with Crippen molar-refractivity contribution in [3.8, 4) is 6.07 Å². The predicted octanol–water partition coefficient (Wildman–Crippen LogP) is 0.787. The standard InChI is InChI=1S/C14H18N2O3/c1-9-3-4-12(11(7-9)8-15)14(19)13(18)5-6-16-10(2)17/h3-4,7,13-14,18-19H,5-6H2,1-2H3,(H,16,17). The molecule has 1 aromatic rings. The summed E-state index contributed by atoms with van der Waals surface area (Å²) in [6.07, 6.45) is -1.94. The topological polar surface area (TPSA) is 93.3 Å². The number of hydrogen-bond acceptors (Lipinski definition) is 4. The molecule has 0 fully saturated rings. The Bertz CT molecular complexity index is 494. The van der Waals surface area contributed by atoms with Gasteiger partial charge in [-0.1, -0.05) is 12.1 Å². The molecule has 3 N–H and O–H groups in total. The first-order chi connectivity index (χ1) is 8.95. The van der Waals surface area contributed by atoms with Gasteiger partial charge in [0.15, 0.2) is 0 Å². The van der Waals surface area contributed by atoms with Crippen LogP contribution in [0.4, 0.5) is 0 Å². The average molecular weight is 262 g/mol. The lowest BCUT2D eigenvalue weighted by Crippen LogP contribution is -2.28. The normalized spacial score (nSPS) is 13.4. The second-order valence-corrected chi connectivity index (χ2v) is 4.49. The van der Waals surface area contributed by atoms with E-state index in [1.807, 2.05) is 13.0 Å². The Morgan fingerprint density at radius 2 is 2.16 bits per heavy atom. The number of carbonyl (C=O) groups excluding carboxylic acids is 1. The van der Waals surface area contributed by atoms with Crippen molar-refractivity contribution in [1.29, 1.82) is 5.26 Å². The minimum Gasteiger partial charge on any atom is -0.390 e. The lowest BCUT2D eigenvalue weighted by molar-refractivity contribution is -0.119. The van der Waals surface area contributed by atoms with Crippen LogP contribution in [-0.2, 0) is 4.79 Å². The van der Waals surface area contributed by atoms with Crippen LogP contribution in [0, 0.1) is 18.3 Å². The van der Waals surface area contributed by atoms with Crippen LogP contribution in [-0.4, -0.2) is 28.8 Å². The van der Waals surface area contributed by atoms with Crippen molar-refractivity contribution >= 4 is 5.91 Å². The zero-order valence-electron chi connectivity index (χ0n) is 11.1. The first kappa shape index (κ1) is 15.2. The van der Waals surface area contributed by atoms with Gasteiger partial charge in [0.2, 0.25) is 5.91 Å². The van der Waals surface area contributed by atoms with Gasteiger partial charge in [0.1, 0.15) is 6.10 Å². The third-order valence-electron chi connectivity index (χ3n) is 2.83. The third-order valence-corrected chi connectivity index (χ3v) is 2.83. The summed E-state index contributed by atoms with van der Waals surface area (Å²) in [7, 11) is 0. The van der Waals surface area contributed by atoms with Gasteiger partial charge in [-0.25, -0.2) is 0 Å². The second kappa shape index (κ2) is 6.88. The van der Waals surface area contributed by atoms with E-state index in [2.05, 4.69) is 5.32 Å². The molecule has 5 nitrogen and oxygen atoms in total. The molecule has 0 saturated carbocycles. The van der Waals surface area contributed by atoms with Crippen molar-refractivity contribution in [2.45, 2.75) is 32.5 Å². The van der Waals surface area contributed by atoms with Gasteiger partial charge >= 0.3 is 0 Å². The molecule has 1 aromatic carbocycles. The smallest absolute Gasteiger partial charge is 0.216 e. The van der Waals surface area contributed by atoms with Crippen molar-refractivity contribution in [2.24, 2.45) is 0 Å². The van der Waals surface area contributed by atoms with E-state index in [4.69, 9.17) is 5.26 Å². The van der Waals surface area contributed by atoms with Crippen molar-refractivity contribution in [1.82, 2.24) is 5.32 Å². The third kappa shape index (κ3) is 4.36. The van der Waals surface area contributed by atoms with Crippen LogP contribution in [0.5, 0.6) is 0 Å². The molecular weight excluding hydrogens is 244 g/mol. The largest absolute Gasteiger partial charge is 0.390 e. The summed E-state index contributed by atoms with van der Waals surface area (Å²) in [6, 6.07) is 7.09. The fourth-order valence-corrected chi connectivity index (χ4v) is 1.79. The van der Waals surface area contributed by atoms with Gasteiger partial charge in [0.25, 0.3) is 0 Å². The Labute approximate surface area is 112 Å². The van der Waals surface area contributed by atoms with Crippen LogP contribution in [0.15, 0.2) is 18.2 Å². The Morgan fingerprint density at radius 3 is 2.74 bits per heavy atom. The second-order valence-electron chi connectivity index (χ2n) is 4.49. The van der Waals surface area contributed by atoms with Crippen LogP contribution in [0.2, 0.25) is 0 Å². The van der Waals surface area contributed by atoms with E-state index in [0.29, 0.717) is 11.1 Å². The number of aliphatic hydroxyl groups is 2. The first-order valence-electron chi connectivity index (χ1n) is 6.07. The van der Waals surface area contributed by atoms with Crippen LogP contribution in [0.3, 0.4) is 0 Å². The number of rotatable bonds is 5. The zero-order chi connectivity index (χ0) is 14.4. The summed E-state index contributed by atoms with van der Waals surface area (Å²) in [6.45, 7) is 3.52. The molecule has 0 spiro atoms. The molecule has 0 aromatic heterocycles. The van der Waals surface area contributed by atoms with Gasteiger partial charge in [-0.05, 0) is 25.0 Å². The number of amides is 1. The summed E-state index contributed by atoms with van der Waals surface area (Å²) in [5.41, 5.74) is 1.68. The molecule has 0 saturated heterocycles. The highest BCUT2D eigenvalue weighted by atomic mass is 16.3. The van der Waals surface area contributed by atoms with E-state index in [1.165, 1.54) is 6.92 Å². The predicted molar refractivity (Wildman–Crippen MR) is 70.2 cm³/mol. The SMILES string of the molecule is CC(=O)NCCC(O)C(O)c1ccc(C)cc1C#N. The highest BCUT2D eigenvalue weighted by Crippen LogP contribution is 2.23. The molecule has 2 unspecified atom stereocenters. The number of aryl methyl sites for hydroxylation is 1. The summed E-state index contributed by atoms with van der Waals surface area (Å²) >= 11 is 0. The lowest BCUT2D eigenvalue weighted by Gasteiger charge is -2.19. The molecule has 19 heavy (non-hydrogen) atoms. The molecular formula is C14H18N2O3. The zero-order valence-corrected chi connectivity index (χ0v) is 11.1. The molecule has 0 bridgehead atoms. The van der Waals surface area contributed by atoms with Crippen molar-refractivity contribution in [3.63, 3.8) is 0 Å². The maximum absolute atomic E-state index is 10.7. The molecule has 0 radical (unpaired) electrons. The van der Waals surface area contributed by atoms with E-state index < -0.39 is 12.2 Å². The van der Waals surface area contributed by atoms with Crippen molar-refractivity contribution in [3.05, 3.63) is 34.9 Å². The summed E-state index contributed by atoms with van der Waals surface area (Å²) in [5.74, 6) is -0.185. The maximum atomic E-state index is 10.7. The molecule has 1 rings (SSSR count). The van der Waals surface area contributed by atoms with Crippen molar-refractivity contribution < 1.29 is 15.0 Å². The van der Waals surface area contributed by atoms with E-state index in [9.17, 15) is 15.0 Å². The van der Waals surface area contributed by atoms with E-state index in [1.54, 1.807) is 18.2 Å². The molecule has 0 aliphatic carbocycles. The fraction of sp³-hybridized carbons (Fsp3) is 0.429. The van der Waals surface area contributed by atoms with Gasteiger partial charge in [0, 0.05) is 19.0 Å². The Morgan fingerprint density at radius 1 is 1.47 bits per heavy atom. The molecule has 0 heterocycles. The molecule has 2 atom stereocenters. The van der Waals surface area contributed by atoms with Crippen LogP contribution >= 0.6 is 0 Å². The maximum Gasteiger partial charge on any atom is 0.216 e. The van der Waals surface area contributed by atoms with E-state index in [-0.39, 0.29) is 18.9 Å². The summed E-state index contributed by atoms with van der Waals surface area (Å²) in [5, 5.41) is 31.5. The Balaban J connectivity index is 2.74. The molecule has 0 aliphatic rings. The minimum absolute atomic E-state index is 0.185. The average Bonchev–Trinajstić information content (AvgIpc) is 2.37. The number of hydrogen-bond donors (Lipinski definition) is 3. The number of nitrogens with zero attached hydrogens (tertiary/aromatic N) is 1. The summed E-state index contributed by atoms with van der Waals surface area (Å²) < 4.78 is 0. The highest BCUT2D eigenvalue weighted by molar-refractivity contribution is 5.72. The van der Waals surface area contributed by atoms with E-state index in [0.717, 1.165) is 5.56 Å². The van der Waals surface area contributed by atoms with Gasteiger partial charge in [-0.3, -0.25) is 4.79 Å².